The van der Waals surface area contributed by atoms with E-state index in [0.29, 0.717) is 12.0 Å². The number of carbonyl (C=O) groups is 2. The standard InChI is InChI=1S/C13H16Cl2N2O3/c1-2-7(3-11(18)19)6-17-13(20)8-4-9(14)12(16)10(15)5-8/h4-5,7H,2-3,6,16H2,1H3,(H,17,20)(H,18,19). The highest BCUT2D eigenvalue weighted by atomic mass is 35.5. The van der Waals surface area contributed by atoms with E-state index in [9.17, 15) is 9.59 Å². The van der Waals surface area contributed by atoms with E-state index in [-0.39, 0.29) is 40.5 Å². The number of nitrogens with one attached hydrogen (secondary N) is 1. The first-order valence-corrected chi connectivity index (χ1v) is 6.85. The normalized spacial score (nSPS) is 11.9. The highest BCUT2D eigenvalue weighted by Crippen LogP contribution is 2.28. The third kappa shape index (κ3) is 4.58. The number of rotatable bonds is 6. The summed E-state index contributed by atoms with van der Waals surface area (Å²) < 4.78 is 0. The summed E-state index contributed by atoms with van der Waals surface area (Å²) in [6, 6.07) is 2.85. The molecule has 0 aromatic heterocycles. The zero-order valence-corrected chi connectivity index (χ0v) is 12.5. The summed E-state index contributed by atoms with van der Waals surface area (Å²) in [7, 11) is 0. The van der Waals surface area contributed by atoms with Crippen LogP contribution < -0.4 is 11.1 Å². The second kappa shape index (κ2) is 7.36. The third-order valence-electron chi connectivity index (χ3n) is 2.93. The van der Waals surface area contributed by atoms with Crippen LogP contribution in [0.3, 0.4) is 0 Å². The minimum absolute atomic E-state index is 0.0139. The first kappa shape index (κ1) is 16.6. The molecule has 0 bridgehead atoms. The van der Waals surface area contributed by atoms with Gasteiger partial charge in [0.25, 0.3) is 5.91 Å². The molecule has 20 heavy (non-hydrogen) atoms. The van der Waals surface area contributed by atoms with E-state index < -0.39 is 5.97 Å². The number of halogens is 2. The maximum Gasteiger partial charge on any atom is 0.303 e. The average molecular weight is 319 g/mol. The van der Waals surface area contributed by atoms with Gasteiger partial charge in [-0.1, -0.05) is 36.5 Å². The molecule has 4 N–H and O–H groups in total. The molecule has 0 spiro atoms. The van der Waals surface area contributed by atoms with Crippen molar-refractivity contribution in [2.24, 2.45) is 5.92 Å². The molecule has 1 rings (SSSR count). The molecule has 0 saturated heterocycles. The van der Waals surface area contributed by atoms with Crippen molar-refractivity contribution in [1.29, 1.82) is 0 Å². The van der Waals surface area contributed by atoms with Gasteiger partial charge in [0, 0.05) is 18.5 Å². The number of hydrogen-bond acceptors (Lipinski definition) is 3. The Kier molecular flexibility index (Phi) is 6.10. The van der Waals surface area contributed by atoms with Gasteiger partial charge in [-0.2, -0.15) is 0 Å². The van der Waals surface area contributed by atoms with Crippen molar-refractivity contribution in [3.05, 3.63) is 27.7 Å². The second-order valence-corrected chi connectivity index (χ2v) is 5.25. The third-order valence-corrected chi connectivity index (χ3v) is 3.56. The van der Waals surface area contributed by atoms with Crippen molar-refractivity contribution in [3.8, 4) is 0 Å². The summed E-state index contributed by atoms with van der Waals surface area (Å²) in [6.07, 6.45) is 0.676. The molecule has 0 radical (unpaired) electrons. The predicted octanol–water partition coefficient (Wildman–Crippen LogP) is 2.81. The van der Waals surface area contributed by atoms with Gasteiger partial charge in [0.2, 0.25) is 0 Å². The van der Waals surface area contributed by atoms with Crippen molar-refractivity contribution in [1.82, 2.24) is 5.32 Å². The van der Waals surface area contributed by atoms with E-state index in [1.807, 2.05) is 6.92 Å². The number of carbonyl (C=O) groups excluding carboxylic acids is 1. The number of nitrogen functional groups attached to an aromatic ring is 1. The summed E-state index contributed by atoms with van der Waals surface area (Å²) in [6.45, 7) is 2.15. The van der Waals surface area contributed by atoms with Crippen molar-refractivity contribution < 1.29 is 14.7 Å². The first-order chi connectivity index (χ1) is 9.35. The lowest BCUT2D eigenvalue weighted by Gasteiger charge is -2.14. The lowest BCUT2D eigenvalue weighted by atomic mass is 10.0. The molecule has 0 fully saturated rings. The summed E-state index contributed by atoms with van der Waals surface area (Å²) in [4.78, 5) is 22.6. The monoisotopic (exact) mass is 318 g/mol. The molecule has 1 aromatic rings. The van der Waals surface area contributed by atoms with E-state index >= 15 is 0 Å². The Bertz CT molecular complexity index is 497. The molecule has 0 saturated carbocycles. The Morgan fingerprint density at radius 2 is 1.90 bits per heavy atom. The molecule has 110 valence electrons. The van der Waals surface area contributed by atoms with Crippen LogP contribution in [-0.2, 0) is 4.79 Å². The molecule has 1 amide bonds. The molecule has 1 atom stereocenters. The average Bonchev–Trinajstić information content (AvgIpc) is 2.39. The topological polar surface area (TPSA) is 92.4 Å². The minimum Gasteiger partial charge on any atom is -0.481 e. The fraction of sp³-hybridized carbons (Fsp3) is 0.385. The molecule has 0 aliphatic rings. The Morgan fingerprint density at radius 3 is 2.35 bits per heavy atom. The smallest absolute Gasteiger partial charge is 0.303 e. The fourth-order valence-electron chi connectivity index (χ4n) is 1.66. The van der Waals surface area contributed by atoms with E-state index in [4.69, 9.17) is 34.0 Å². The van der Waals surface area contributed by atoms with Crippen LogP contribution in [0.15, 0.2) is 12.1 Å². The molecule has 5 nitrogen and oxygen atoms in total. The van der Waals surface area contributed by atoms with Crippen LogP contribution in [0.1, 0.15) is 30.1 Å². The summed E-state index contributed by atoms with van der Waals surface area (Å²) in [5.74, 6) is -1.36. The molecule has 0 heterocycles. The van der Waals surface area contributed by atoms with Crippen LogP contribution >= 0.6 is 23.2 Å². The summed E-state index contributed by atoms with van der Waals surface area (Å²) >= 11 is 11.7. The fourth-order valence-corrected chi connectivity index (χ4v) is 2.15. The Hall–Kier alpha value is -1.46. The number of benzene rings is 1. The van der Waals surface area contributed by atoms with Crippen LogP contribution in [0, 0.1) is 5.92 Å². The highest BCUT2D eigenvalue weighted by molar-refractivity contribution is 6.39. The van der Waals surface area contributed by atoms with Gasteiger partial charge in [0.15, 0.2) is 0 Å². The number of aliphatic carboxylic acids is 1. The number of nitrogens with two attached hydrogens (primary N) is 1. The number of carboxylic acids is 1. The van der Waals surface area contributed by atoms with Crippen LogP contribution in [0.25, 0.3) is 0 Å². The first-order valence-electron chi connectivity index (χ1n) is 6.09. The largest absolute Gasteiger partial charge is 0.481 e. The van der Waals surface area contributed by atoms with Gasteiger partial charge >= 0.3 is 5.97 Å². The second-order valence-electron chi connectivity index (χ2n) is 4.44. The molecule has 0 aliphatic heterocycles. The SMILES string of the molecule is CCC(CNC(=O)c1cc(Cl)c(N)c(Cl)c1)CC(=O)O. The maximum absolute atomic E-state index is 11.9. The lowest BCUT2D eigenvalue weighted by Crippen LogP contribution is -2.30. The van der Waals surface area contributed by atoms with Gasteiger partial charge < -0.3 is 16.2 Å². The molecule has 7 heteroatoms. The predicted molar refractivity (Wildman–Crippen MR) is 79.2 cm³/mol. The van der Waals surface area contributed by atoms with Gasteiger partial charge in [-0.05, 0) is 18.1 Å². The molecular weight excluding hydrogens is 303 g/mol. The lowest BCUT2D eigenvalue weighted by molar-refractivity contribution is -0.138. The quantitative estimate of drug-likeness (QED) is 0.703. The van der Waals surface area contributed by atoms with Gasteiger partial charge in [0.05, 0.1) is 15.7 Å². The van der Waals surface area contributed by atoms with Crippen LogP contribution in [0.4, 0.5) is 5.69 Å². The van der Waals surface area contributed by atoms with Gasteiger partial charge in [-0.25, -0.2) is 0 Å². The Labute approximate surface area is 127 Å². The molecular formula is C13H16Cl2N2O3. The van der Waals surface area contributed by atoms with Crippen LogP contribution in [0.2, 0.25) is 10.0 Å². The summed E-state index contributed by atoms with van der Waals surface area (Å²) in [5, 5.41) is 11.8. The molecule has 1 unspecified atom stereocenters. The van der Waals surface area contributed by atoms with Gasteiger partial charge in [-0.3, -0.25) is 9.59 Å². The number of carboxylic acid groups (broad SMARTS) is 1. The Morgan fingerprint density at radius 1 is 1.35 bits per heavy atom. The highest BCUT2D eigenvalue weighted by Gasteiger charge is 2.15. The number of anilines is 1. The van der Waals surface area contributed by atoms with E-state index in [1.165, 1.54) is 12.1 Å². The van der Waals surface area contributed by atoms with E-state index in [1.54, 1.807) is 0 Å². The van der Waals surface area contributed by atoms with Crippen LogP contribution in [-0.4, -0.2) is 23.5 Å². The zero-order chi connectivity index (χ0) is 15.3. The van der Waals surface area contributed by atoms with Gasteiger partial charge in [0.1, 0.15) is 0 Å². The van der Waals surface area contributed by atoms with Crippen molar-refractivity contribution >= 4 is 40.8 Å². The van der Waals surface area contributed by atoms with Crippen molar-refractivity contribution in [2.45, 2.75) is 19.8 Å². The summed E-state index contributed by atoms with van der Waals surface area (Å²) in [5.41, 5.74) is 6.10. The van der Waals surface area contributed by atoms with Crippen LogP contribution in [0.5, 0.6) is 0 Å². The van der Waals surface area contributed by atoms with E-state index in [2.05, 4.69) is 5.32 Å². The van der Waals surface area contributed by atoms with Crippen molar-refractivity contribution in [3.63, 3.8) is 0 Å². The maximum atomic E-state index is 11.9. The number of hydrogen-bond donors (Lipinski definition) is 3. The van der Waals surface area contributed by atoms with Crippen molar-refractivity contribution in [2.75, 3.05) is 12.3 Å². The minimum atomic E-state index is -0.885. The zero-order valence-electron chi connectivity index (χ0n) is 11.0. The van der Waals surface area contributed by atoms with E-state index in [0.717, 1.165) is 0 Å². The number of amides is 1. The Balaban J connectivity index is 2.69. The molecule has 1 aromatic carbocycles. The molecule has 0 aliphatic carbocycles. The van der Waals surface area contributed by atoms with Gasteiger partial charge in [-0.15, -0.1) is 0 Å².